The van der Waals surface area contributed by atoms with Gasteiger partial charge in [0.2, 0.25) is 30.2 Å². The molecule has 2 saturated carbocycles. The van der Waals surface area contributed by atoms with E-state index in [0.29, 0.717) is 58.2 Å². The van der Waals surface area contributed by atoms with Gasteiger partial charge in [-0.1, -0.05) is 100.0 Å². The zero-order valence-electron chi connectivity index (χ0n) is 85.4. The molecular formula is C109H130IN9O31. The van der Waals surface area contributed by atoms with Crippen molar-refractivity contribution in [3.63, 3.8) is 0 Å². The monoisotopic (exact) mass is 2190 g/mol. The number of fused-ring (bicyclic) bond motifs is 8. The minimum Gasteiger partial charge on any atom is -0.508 e. The minimum absolute atomic E-state index is 0.0212. The highest BCUT2D eigenvalue weighted by Crippen LogP contribution is 2.59. The number of rotatable bonds is 22. The van der Waals surface area contributed by atoms with E-state index in [0.717, 1.165) is 132 Å². The van der Waals surface area contributed by atoms with E-state index in [1.165, 1.54) is 62.4 Å². The first-order valence-electron chi connectivity index (χ1n) is 48.7. The number of ether oxygens (including phenoxy) is 7. The van der Waals surface area contributed by atoms with Crippen LogP contribution >= 0.6 is 22.6 Å². The first-order valence-corrected chi connectivity index (χ1v) is 49.8. The van der Waals surface area contributed by atoms with E-state index < -0.39 is 141 Å². The van der Waals surface area contributed by atoms with Crippen LogP contribution in [0.3, 0.4) is 0 Å². The maximum atomic E-state index is 13.5. The predicted molar refractivity (Wildman–Crippen MR) is 554 cm³/mol. The summed E-state index contributed by atoms with van der Waals surface area (Å²) in [6, 6.07) is 34.7. The smallest absolute Gasteiger partial charge is 0.323 e. The van der Waals surface area contributed by atoms with Crippen molar-refractivity contribution in [1.29, 1.82) is 0 Å². The molecule has 8 aromatic rings. The van der Waals surface area contributed by atoms with E-state index >= 15 is 0 Å². The highest BCUT2D eigenvalue weighted by molar-refractivity contribution is 14.1. The summed E-state index contributed by atoms with van der Waals surface area (Å²) < 4.78 is 38.4. The number of esters is 1. The van der Waals surface area contributed by atoms with Gasteiger partial charge in [-0.2, -0.15) is 5.10 Å². The number of hydrazine groups is 1. The van der Waals surface area contributed by atoms with Gasteiger partial charge in [0.05, 0.1) is 89.7 Å². The fraction of sp³-hybridized carbons (Fsp3) is 0.431. The number of Topliss-reactive ketones (excluding diaryl/α,β-unsaturated/α-hetero) is 7. The second kappa shape index (κ2) is 49.6. The summed E-state index contributed by atoms with van der Waals surface area (Å²) >= 11 is 1.98. The number of imide groups is 1. The number of carbonyl (C=O) groups excluding carboxylic acids is 10. The molecule has 41 heteroatoms. The first-order chi connectivity index (χ1) is 70.8. The third kappa shape index (κ3) is 26.1. The van der Waals surface area contributed by atoms with E-state index in [2.05, 4.69) is 55.5 Å². The number of aliphatic hydroxyl groups excluding tert-OH is 3. The number of halogens is 1. The molecule has 5 aliphatic carbocycles. The number of allylic oxidation sites excluding steroid dienone is 4. The van der Waals surface area contributed by atoms with Crippen molar-refractivity contribution < 1.29 is 152 Å². The maximum absolute atomic E-state index is 13.5. The van der Waals surface area contributed by atoms with E-state index in [1.54, 1.807) is 51.6 Å². The van der Waals surface area contributed by atoms with Crippen molar-refractivity contribution >= 4 is 109 Å². The van der Waals surface area contributed by atoms with Gasteiger partial charge in [0.1, 0.15) is 58.6 Å². The molecule has 5 aliphatic heterocycles. The number of phenolic OH excluding ortho intramolecular Hbond substituents is 4. The Morgan fingerprint density at radius 1 is 0.780 bits per heavy atom. The number of nitrogens with zero attached hydrogens (tertiary/aromatic N) is 4. The number of anilines is 1. The van der Waals surface area contributed by atoms with Gasteiger partial charge in [-0.3, -0.25) is 67.8 Å². The lowest BCUT2D eigenvalue weighted by Crippen LogP contribution is -2.69. The number of nitrogens with two attached hydrogens (primary N) is 3. The SMILES string of the molecule is CC1OC(c2ccc3c(c2O)C(=O)C2=C(C3=O)C3(O)C(=O)CC(C)(O)CC3(O)C=C2)CC(O)C1O.CCC[C@H]1CCC(=C2C(=O)CCC2=O)O1.COC(=O)CCC(=O)C(=O)CO.COc1ccc2c(c1O)-c1c3c(cc4c1[C@H](C2)N(C)CC4)OCO3.COc1cccc(C2(CCCN(C)C)C(=O)NC(=O)CC2(C)C)c1.C[C@](N)(Cc1ccc(O)cc1)C(=O)O.NNc1nncc2ccccc12.N[C@@H](Cc1ccc(O)c(I)c1)C(=O)O. The second-order valence-electron chi connectivity index (χ2n) is 39.6. The van der Waals surface area contributed by atoms with Crippen LogP contribution in [0.15, 0.2) is 162 Å². The van der Waals surface area contributed by atoms with Gasteiger partial charge in [-0.05, 0) is 215 Å². The van der Waals surface area contributed by atoms with Gasteiger partial charge in [-0.15, -0.1) is 5.10 Å². The Morgan fingerprint density at radius 2 is 1.47 bits per heavy atom. The van der Waals surface area contributed by atoms with Crippen LogP contribution < -0.4 is 47.0 Å². The first kappa shape index (κ1) is 117. The number of carboxylic acid groups (broad SMARTS) is 2. The summed E-state index contributed by atoms with van der Waals surface area (Å²) in [4.78, 5) is 145. The minimum atomic E-state index is -2.75. The number of hydrogen-bond donors (Lipinski definition) is 17. The average molecular weight is 2190 g/mol. The van der Waals surface area contributed by atoms with Crippen LogP contribution in [0.5, 0.6) is 46.0 Å². The number of aliphatic carboxylic acids is 2. The molecule has 3 saturated heterocycles. The molecule has 12 atom stereocenters. The molecule has 1 aromatic heterocycles. The van der Waals surface area contributed by atoms with Crippen LogP contribution in [0.2, 0.25) is 0 Å². The summed E-state index contributed by atoms with van der Waals surface area (Å²) in [5, 5.41) is 131. The molecule has 0 radical (unpaired) electrons. The number of phenols is 4. The lowest BCUT2D eigenvalue weighted by Gasteiger charge is -2.51. The van der Waals surface area contributed by atoms with E-state index in [-0.39, 0.29) is 108 Å². The number of nitrogens with one attached hydrogen (secondary N) is 2. The quantitative estimate of drug-likeness (QED) is 0.00440. The summed E-state index contributed by atoms with van der Waals surface area (Å²) in [5.41, 5.74) is 11.2. The van der Waals surface area contributed by atoms with Crippen LogP contribution in [0.1, 0.15) is 203 Å². The molecular weight excluding hydrogens is 2060 g/mol. The molecule has 0 bridgehead atoms. The number of benzene rings is 7. The Labute approximate surface area is 879 Å². The summed E-state index contributed by atoms with van der Waals surface area (Å²) in [5.74, 6) is 1.84. The van der Waals surface area contributed by atoms with Gasteiger partial charge in [-0.25, -0.2) is 5.84 Å². The third-order valence-electron chi connectivity index (χ3n) is 28.0. The fourth-order valence-corrected chi connectivity index (χ4v) is 20.6. The van der Waals surface area contributed by atoms with Crippen molar-refractivity contribution in [2.45, 2.75) is 227 Å². The van der Waals surface area contributed by atoms with Crippen LogP contribution in [0.4, 0.5) is 5.82 Å². The molecule has 2 amide bonds. The Balaban J connectivity index is 0.000000168. The lowest BCUT2D eigenvalue weighted by atomic mass is 9.56. The molecule has 804 valence electrons. The number of likely N-dealkylation sites (N-methyl/N-ethyl adjacent to an activating group) is 1. The summed E-state index contributed by atoms with van der Waals surface area (Å²) in [6.07, 6.45) is 7.62. The van der Waals surface area contributed by atoms with E-state index in [4.69, 9.17) is 66.2 Å². The number of carbonyl (C=O) groups is 12. The van der Waals surface area contributed by atoms with Crippen molar-refractivity contribution in [2.24, 2.45) is 22.7 Å². The van der Waals surface area contributed by atoms with E-state index in [9.17, 15) is 98.4 Å². The molecule has 10 aliphatic rings. The van der Waals surface area contributed by atoms with Gasteiger partial charge in [0.15, 0.2) is 63.3 Å². The molecule has 8 unspecified atom stereocenters. The molecule has 5 fully saturated rings. The largest absolute Gasteiger partial charge is 0.508 e. The topological polar surface area (TPSA) is 647 Å². The van der Waals surface area contributed by atoms with Crippen LogP contribution in [0.25, 0.3) is 21.9 Å². The Kier molecular flexibility index (Phi) is 38.6. The highest BCUT2D eigenvalue weighted by Gasteiger charge is 2.67. The number of hydrogen-bond acceptors (Lipinski definition) is 37. The molecule has 6 heterocycles. The van der Waals surface area contributed by atoms with E-state index in [1.807, 2.05) is 111 Å². The highest BCUT2D eigenvalue weighted by atomic mass is 127. The number of ketones is 7. The molecule has 20 N–H and O–H groups in total. The molecule has 18 rings (SSSR count). The van der Waals surface area contributed by atoms with Gasteiger partial charge in [0, 0.05) is 109 Å². The Morgan fingerprint density at radius 3 is 2.10 bits per heavy atom. The number of methoxy groups -OCH3 is 3. The van der Waals surface area contributed by atoms with Gasteiger partial charge in [0.25, 0.3) is 0 Å². The lowest BCUT2D eigenvalue weighted by molar-refractivity contribution is -0.183. The number of nitrogen functional groups attached to an aromatic ring is 1. The number of aliphatic hydroxyl groups is 6. The van der Waals surface area contributed by atoms with Crippen molar-refractivity contribution in [2.75, 3.05) is 74.4 Å². The molecule has 40 nitrogen and oxygen atoms in total. The van der Waals surface area contributed by atoms with Crippen LogP contribution in [-0.4, -0.2) is 273 Å². The number of aromatic hydroxyl groups is 4. The average Bonchev–Trinajstić information content (AvgIpc) is 0.720. The molecule has 0 spiro atoms. The molecule has 150 heavy (non-hydrogen) atoms. The second-order valence-corrected chi connectivity index (χ2v) is 40.8. The zero-order valence-corrected chi connectivity index (χ0v) is 87.6. The fourth-order valence-electron chi connectivity index (χ4n) is 20.0. The number of amides is 2. The van der Waals surface area contributed by atoms with Crippen LogP contribution in [-0.2, 0) is 93.3 Å². The Hall–Kier alpha value is -13.4. The normalized spacial score (nSPS) is 23.3. The van der Waals surface area contributed by atoms with Crippen molar-refractivity contribution in [1.82, 2.24) is 25.3 Å². The zero-order chi connectivity index (χ0) is 110. The molecule has 7 aromatic carbocycles. The predicted octanol–water partition coefficient (Wildman–Crippen LogP) is 8.84. The number of piperidine rings is 1. The summed E-state index contributed by atoms with van der Waals surface area (Å²) in [7, 11) is 10.6. The van der Waals surface area contributed by atoms with Gasteiger partial charge >= 0.3 is 17.9 Å². The number of carboxylic acids is 2. The third-order valence-corrected chi connectivity index (χ3v) is 28.8. The summed E-state index contributed by atoms with van der Waals surface area (Å²) in [6.45, 7) is 11.8. The van der Waals surface area contributed by atoms with Crippen molar-refractivity contribution in [3.05, 3.63) is 216 Å². The maximum Gasteiger partial charge on any atom is 0.323 e. The Bertz CT molecular complexity index is 6520. The standard InChI is InChI=1S/C25H26O10.C19H28N2O3.C19H19NO4.C12H16O3.C10H13NO3.C9H10INO3.C8H8N4.C7H10O5/c1-10-19(28)14(26)7-15(35-10)11-3-4-12-17(20(11)29)21(30)13-5-6-24(33)9-23(2,32)8-16(27)25(24,34)18(13)22(12)31;1-18(2)13-16(22)20-17(23)19(18,10-7-11-21(3)4)14-8-6-9-15(12-14)24-5;1-20-6-5-11-8-14-19(24-9-23-14)17-15(11)12(20)7-10-3-4-13(22-2)18(21)16(10)17;1-2-3-8-4-7-11(15-8)12-9(13)5-6-10(12)14;1-10(11,9(13)14)6-7-2-4-8(12)5-3-7;10-6-3-5(1-2-8(6)12)4-7(11)9(13)14;9-11-8-7-4-2-1-3-6(7)5-10-12-8;1-12-7(11)3-2-5(9)6(10)4-8/h3-6,10,14-15,19,26,28-29,32-34H,7-9H2,1-2H3;6,8-9,12H,7,10-11,13H2,1-5H3,(H,20,22,23);3-4,8,12,21H,5-7,9H2,1-2H3;8H,2-7H2,1H3;2-5,12H,6,11H2,1H3,(H,13,14);1-3,7,12H,4,11H2,(H,13,14);1-5H,9H2,(H,11,12);8H,2-4H2,1H3/t;;12-;8-;10-;7-;;/m..0000../s1. The number of aromatic nitrogens is 2. The van der Waals surface area contributed by atoms with Crippen molar-refractivity contribution in [3.8, 4) is 57.1 Å². The van der Waals surface area contributed by atoms with Crippen LogP contribution in [0, 0.1) is 8.99 Å². The van der Waals surface area contributed by atoms with Gasteiger partial charge < -0.3 is 116 Å².